The van der Waals surface area contributed by atoms with Crippen molar-refractivity contribution in [3.63, 3.8) is 0 Å². The summed E-state index contributed by atoms with van der Waals surface area (Å²) < 4.78 is 0. The number of para-hydroxylation sites is 1. The fourth-order valence-corrected chi connectivity index (χ4v) is 4.57. The van der Waals surface area contributed by atoms with E-state index in [2.05, 4.69) is 28.3 Å². The van der Waals surface area contributed by atoms with Gasteiger partial charge in [0.15, 0.2) is 5.82 Å². The van der Waals surface area contributed by atoms with E-state index >= 15 is 0 Å². The minimum atomic E-state index is 0.00187. The Bertz CT molecular complexity index is 1640. The number of rotatable bonds is 8. The highest BCUT2D eigenvalue weighted by molar-refractivity contribution is 6.14. The normalized spacial score (nSPS) is 11.0. The minimum absolute atomic E-state index is 0.00187. The van der Waals surface area contributed by atoms with E-state index in [0.717, 1.165) is 57.4 Å². The van der Waals surface area contributed by atoms with Gasteiger partial charge in [-0.1, -0.05) is 44.2 Å². The fourth-order valence-electron chi connectivity index (χ4n) is 4.57. The van der Waals surface area contributed by atoms with Gasteiger partial charge in [0, 0.05) is 46.9 Å². The van der Waals surface area contributed by atoms with Crippen LogP contribution in [0.5, 0.6) is 0 Å². The molecule has 0 aliphatic carbocycles. The molecule has 2 aromatic heterocycles. The number of carbonyl (C=O) groups is 1. The molecule has 0 spiro atoms. The predicted octanol–water partition coefficient (Wildman–Crippen LogP) is 6.59. The van der Waals surface area contributed by atoms with Gasteiger partial charge < -0.3 is 16.0 Å². The quantitative estimate of drug-likeness (QED) is 0.141. The number of H-pyrrole nitrogens is 1. The maximum Gasteiger partial charge on any atom is 0.224 e. The monoisotopic (exact) mass is 502 g/mol. The van der Waals surface area contributed by atoms with Crippen LogP contribution in [0.25, 0.3) is 33.3 Å². The Hall–Kier alpha value is -4.78. The number of amides is 1. The summed E-state index contributed by atoms with van der Waals surface area (Å²) in [5.41, 5.74) is 14.9. The van der Waals surface area contributed by atoms with E-state index in [1.807, 2.05) is 67.6 Å². The number of nitrogens with one attached hydrogen (secondary N) is 3. The Morgan fingerprint density at radius 2 is 1.87 bits per heavy atom. The third-order valence-corrected chi connectivity index (χ3v) is 6.54. The van der Waals surface area contributed by atoms with Crippen LogP contribution >= 0.6 is 0 Å². The average molecular weight is 503 g/mol. The number of nitrogens with zero attached hydrogens (tertiary/aromatic N) is 2. The highest BCUT2D eigenvalue weighted by Gasteiger charge is 2.17. The van der Waals surface area contributed by atoms with Crippen LogP contribution in [0.2, 0.25) is 0 Å². The Labute approximate surface area is 221 Å². The third-order valence-electron chi connectivity index (χ3n) is 6.54. The number of nitrogens with two attached hydrogens (primary N) is 1. The summed E-state index contributed by atoms with van der Waals surface area (Å²) >= 11 is 0. The highest BCUT2D eigenvalue weighted by Crippen LogP contribution is 2.31. The summed E-state index contributed by atoms with van der Waals surface area (Å²) in [6, 6.07) is 21.5. The highest BCUT2D eigenvalue weighted by atomic mass is 16.1. The zero-order valence-electron chi connectivity index (χ0n) is 21.5. The van der Waals surface area contributed by atoms with Crippen LogP contribution in [0.1, 0.15) is 43.6 Å². The van der Waals surface area contributed by atoms with Gasteiger partial charge in [-0.2, -0.15) is 0 Å². The number of aryl methyl sites for hydroxylation is 1. The van der Waals surface area contributed by atoms with Crippen molar-refractivity contribution >= 4 is 34.0 Å². The van der Waals surface area contributed by atoms with Gasteiger partial charge in [-0.3, -0.25) is 15.2 Å². The van der Waals surface area contributed by atoms with Gasteiger partial charge in [-0.25, -0.2) is 4.98 Å². The van der Waals surface area contributed by atoms with E-state index in [9.17, 15) is 4.79 Å². The van der Waals surface area contributed by atoms with Crippen molar-refractivity contribution in [2.45, 2.75) is 33.1 Å². The van der Waals surface area contributed by atoms with Crippen molar-refractivity contribution < 1.29 is 4.79 Å². The average Bonchev–Trinajstić information content (AvgIpc) is 3.38. The van der Waals surface area contributed by atoms with Crippen LogP contribution in [0.3, 0.4) is 0 Å². The number of nitrogen functional groups attached to an aromatic ring is 1. The number of carbonyl (C=O) groups excluding carboxylic acids is 1. The molecule has 3 aromatic carbocycles. The van der Waals surface area contributed by atoms with Crippen molar-refractivity contribution in [1.29, 1.82) is 5.41 Å². The van der Waals surface area contributed by atoms with Crippen molar-refractivity contribution in [1.82, 2.24) is 15.0 Å². The molecule has 5 aromatic rings. The number of fused-ring (bicyclic) bond motifs is 1. The van der Waals surface area contributed by atoms with Crippen LogP contribution < -0.4 is 11.1 Å². The molecule has 5 rings (SSSR count). The minimum Gasteiger partial charge on any atom is -0.398 e. The Balaban J connectivity index is 1.52. The van der Waals surface area contributed by atoms with E-state index in [1.165, 1.54) is 0 Å². The molecule has 0 fully saturated rings. The molecule has 0 aliphatic heterocycles. The van der Waals surface area contributed by atoms with Crippen LogP contribution in [0, 0.1) is 5.41 Å². The van der Waals surface area contributed by atoms with Gasteiger partial charge >= 0.3 is 0 Å². The molecule has 1 amide bonds. The van der Waals surface area contributed by atoms with Crippen molar-refractivity contribution in [3.8, 4) is 22.3 Å². The lowest BCUT2D eigenvalue weighted by Crippen LogP contribution is -2.11. The second kappa shape index (κ2) is 10.7. The summed E-state index contributed by atoms with van der Waals surface area (Å²) in [6.45, 7) is 4.07. The van der Waals surface area contributed by atoms with Crippen molar-refractivity contribution in [3.05, 3.63) is 96.1 Å². The van der Waals surface area contributed by atoms with Crippen LogP contribution in [0.15, 0.2) is 79.1 Å². The Morgan fingerprint density at radius 3 is 2.63 bits per heavy atom. The van der Waals surface area contributed by atoms with Crippen LogP contribution in [0.4, 0.5) is 11.4 Å². The first-order chi connectivity index (χ1) is 18.5. The molecule has 0 saturated carbocycles. The number of hydrogen-bond donors (Lipinski definition) is 4. The van der Waals surface area contributed by atoms with Gasteiger partial charge in [-0.15, -0.1) is 0 Å². The van der Waals surface area contributed by atoms with Crippen LogP contribution in [-0.2, 0) is 11.2 Å². The lowest BCUT2D eigenvalue weighted by Gasteiger charge is -2.13. The lowest BCUT2D eigenvalue weighted by molar-refractivity contribution is -0.116. The van der Waals surface area contributed by atoms with Crippen LogP contribution in [-0.4, -0.2) is 26.6 Å². The SMILES string of the molecule is CCCC(=O)Nc1cc(CC)cc(-c2ccc(N)c(C(=N)c3nc4c(-c5cccnc5)cccc4[nH]3)c2)c1. The molecule has 0 unspecified atom stereocenters. The van der Waals surface area contributed by atoms with Gasteiger partial charge in [0.1, 0.15) is 5.71 Å². The lowest BCUT2D eigenvalue weighted by atomic mass is 9.96. The summed E-state index contributed by atoms with van der Waals surface area (Å²) in [4.78, 5) is 24.5. The predicted molar refractivity (Wildman–Crippen MR) is 154 cm³/mol. The summed E-state index contributed by atoms with van der Waals surface area (Å²) in [5, 5.41) is 12.0. The largest absolute Gasteiger partial charge is 0.398 e. The molecule has 0 saturated heterocycles. The van der Waals surface area contributed by atoms with E-state index in [0.29, 0.717) is 23.5 Å². The van der Waals surface area contributed by atoms with E-state index < -0.39 is 0 Å². The van der Waals surface area contributed by atoms with E-state index in [4.69, 9.17) is 16.1 Å². The molecule has 38 heavy (non-hydrogen) atoms. The van der Waals surface area contributed by atoms with E-state index in [-0.39, 0.29) is 11.6 Å². The molecule has 2 heterocycles. The fraction of sp³-hybridized carbons (Fsp3) is 0.161. The number of pyridine rings is 1. The Morgan fingerprint density at radius 1 is 1.00 bits per heavy atom. The molecule has 190 valence electrons. The summed E-state index contributed by atoms with van der Waals surface area (Å²) in [5.74, 6) is 0.442. The molecule has 7 nitrogen and oxygen atoms in total. The molecular formula is C31H30N6O. The van der Waals surface area contributed by atoms with Crippen molar-refractivity contribution in [2.75, 3.05) is 11.1 Å². The summed E-state index contributed by atoms with van der Waals surface area (Å²) in [7, 11) is 0. The second-order valence-corrected chi connectivity index (χ2v) is 9.28. The zero-order valence-corrected chi connectivity index (χ0v) is 21.5. The first-order valence-electron chi connectivity index (χ1n) is 12.8. The summed E-state index contributed by atoms with van der Waals surface area (Å²) in [6.07, 6.45) is 5.65. The molecule has 0 aliphatic rings. The molecule has 5 N–H and O–H groups in total. The number of hydrogen-bond acceptors (Lipinski definition) is 5. The smallest absolute Gasteiger partial charge is 0.224 e. The molecular weight excluding hydrogens is 472 g/mol. The number of aromatic nitrogens is 3. The topological polar surface area (TPSA) is 121 Å². The Kier molecular flexibility index (Phi) is 7.00. The van der Waals surface area contributed by atoms with Gasteiger partial charge in [-0.05, 0) is 65.9 Å². The zero-order chi connectivity index (χ0) is 26.6. The maximum absolute atomic E-state index is 12.2. The first kappa shape index (κ1) is 24.9. The number of aromatic amines is 1. The second-order valence-electron chi connectivity index (χ2n) is 9.28. The standard InChI is InChI=1S/C31H30N6O/c1-3-7-28(38)35-23-15-19(4-2)14-22(16-23)20-11-12-26(32)25(17-20)29(33)31-36-27-10-5-9-24(30(27)37-31)21-8-6-13-34-18-21/h5-6,8-18,33H,3-4,7,32H2,1-2H3,(H,35,38)(H,36,37). The van der Waals surface area contributed by atoms with Crippen molar-refractivity contribution in [2.24, 2.45) is 0 Å². The van der Waals surface area contributed by atoms with Gasteiger partial charge in [0.25, 0.3) is 0 Å². The molecule has 0 atom stereocenters. The van der Waals surface area contributed by atoms with E-state index in [1.54, 1.807) is 12.4 Å². The molecule has 0 radical (unpaired) electrons. The third kappa shape index (κ3) is 5.04. The van der Waals surface area contributed by atoms with Gasteiger partial charge in [0.05, 0.1) is 11.0 Å². The first-order valence-corrected chi connectivity index (χ1v) is 12.8. The maximum atomic E-state index is 12.2. The number of imidazole rings is 1. The molecule has 0 bridgehead atoms. The van der Waals surface area contributed by atoms with Gasteiger partial charge in [0.2, 0.25) is 5.91 Å². The molecule has 7 heteroatoms. The number of anilines is 2. The number of benzene rings is 3.